The van der Waals surface area contributed by atoms with E-state index < -0.39 is 29.2 Å². The molecule has 0 bridgehead atoms. The molecule has 9 heteroatoms. The number of amides is 2. The van der Waals surface area contributed by atoms with Gasteiger partial charge in [-0.15, -0.1) is 0 Å². The lowest BCUT2D eigenvalue weighted by atomic mass is 9.80. The minimum absolute atomic E-state index is 0.0242. The highest BCUT2D eigenvalue weighted by Gasteiger charge is 2.42. The van der Waals surface area contributed by atoms with Crippen molar-refractivity contribution in [1.29, 1.82) is 0 Å². The molecule has 2 aromatic rings. The summed E-state index contributed by atoms with van der Waals surface area (Å²) in [7, 11) is 0. The molecule has 1 unspecified atom stereocenters. The Balaban J connectivity index is 2.16. The highest BCUT2D eigenvalue weighted by Crippen LogP contribution is 2.36. The van der Waals surface area contributed by atoms with E-state index in [0.29, 0.717) is 13.0 Å². The van der Waals surface area contributed by atoms with Crippen molar-refractivity contribution >= 4 is 29.4 Å². The van der Waals surface area contributed by atoms with E-state index in [0.717, 1.165) is 6.42 Å². The molecule has 1 heterocycles. The van der Waals surface area contributed by atoms with Gasteiger partial charge in [0.25, 0.3) is 5.91 Å². The molecule has 5 N–H and O–H groups in total. The van der Waals surface area contributed by atoms with Crippen LogP contribution in [0.1, 0.15) is 60.7 Å². The molecule has 1 saturated heterocycles. The number of hydrogen-bond acceptors (Lipinski definition) is 6. The second kappa shape index (κ2) is 10.1. The normalized spacial score (nSPS) is 17.6. The van der Waals surface area contributed by atoms with Crippen molar-refractivity contribution in [2.45, 2.75) is 57.4 Å². The Hall–Kier alpha value is -2.94. The zero-order chi connectivity index (χ0) is 25.1. The maximum Gasteiger partial charge on any atom is 0.407 e. The average molecular weight is 488 g/mol. The molecule has 0 aromatic heterocycles. The van der Waals surface area contributed by atoms with Crippen LogP contribution in [0.15, 0.2) is 42.5 Å². The molecule has 1 aliphatic heterocycles. The Morgan fingerprint density at radius 3 is 2.44 bits per heavy atom. The molecular formula is C25H30ClN3O5. The van der Waals surface area contributed by atoms with Crippen LogP contribution in [-0.2, 0) is 21.7 Å². The quantitative estimate of drug-likeness (QED) is 0.444. The third kappa shape index (κ3) is 5.58. The van der Waals surface area contributed by atoms with Gasteiger partial charge in [0.05, 0.1) is 6.04 Å². The summed E-state index contributed by atoms with van der Waals surface area (Å²) >= 11 is 6.37. The van der Waals surface area contributed by atoms with E-state index in [4.69, 9.17) is 22.1 Å². The number of hydrogen-bond donors (Lipinski definition) is 4. The number of Topliss-reactive ketones (excluding diaryl/α,β-unsaturated/α-hetero) is 1. The van der Waals surface area contributed by atoms with E-state index in [-0.39, 0.29) is 39.6 Å². The highest BCUT2D eigenvalue weighted by atomic mass is 35.5. The number of aliphatic hydroxyl groups is 1. The van der Waals surface area contributed by atoms with Crippen LogP contribution in [0, 0.1) is 0 Å². The molecule has 182 valence electrons. The van der Waals surface area contributed by atoms with Gasteiger partial charge >= 0.3 is 6.09 Å². The maximum absolute atomic E-state index is 13.4. The minimum atomic E-state index is -2.30. The smallest absolute Gasteiger partial charge is 0.407 e. The van der Waals surface area contributed by atoms with E-state index in [1.54, 1.807) is 51.1 Å². The van der Waals surface area contributed by atoms with E-state index in [9.17, 15) is 19.5 Å². The molecular weight excluding hydrogens is 458 g/mol. The molecule has 1 fully saturated rings. The van der Waals surface area contributed by atoms with Crippen molar-refractivity contribution in [2.24, 2.45) is 5.73 Å². The molecule has 34 heavy (non-hydrogen) atoms. The fraction of sp³-hybridized carbons (Fsp3) is 0.400. The number of carbonyl (C=O) groups is 3. The van der Waals surface area contributed by atoms with Gasteiger partial charge in [-0.25, -0.2) is 4.79 Å². The average Bonchev–Trinajstić information content (AvgIpc) is 3.31. The molecule has 3 rings (SSSR count). The summed E-state index contributed by atoms with van der Waals surface area (Å²) < 4.78 is 5.31. The SMILES string of the molecule is CC(C)(C)OC(=O)NCc1c(C(=O)[C@@H]2CCCN2)cc(Cl)cc1C(O)(C(N)=O)c1ccccc1. The van der Waals surface area contributed by atoms with Gasteiger partial charge in [-0.3, -0.25) is 9.59 Å². The van der Waals surface area contributed by atoms with Gasteiger partial charge in [-0.1, -0.05) is 41.9 Å². The summed E-state index contributed by atoms with van der Waals surface area (Å²) in [6, 6.07) is 10.6. The zero-order valence-corrected chi connectivity index (χ0v) is 20.2. The number of benzene rings is 2. The Labute approximate surface area is 203 Å². The number of rotatable bonds is 7. The predicted molar refractivity (Wildman–Crippen MR) is 129 cm³/mol. The predicted octanol–water partition coefficient (Wildman–Crippen LogP) is 3.02. The minimum Gasteiger partial charge on any atom is -0.444 e. The number of primary amides is 1. The van der Waals surface area contributed by atoms with Crippen molar-refractivity contribution in [3.8, 4) is 0 Å². The standard InChI is InChI=1S/C25H30ClN3O5/c1-24(2,3)34-23(32)29-14-18-17(21(30)20-10-7-11-28-20)12-16(26)13-19(18)25(33,22(27)31)15-8-5-4-6-9-15/h4-6,8-9,12-13,20,28,33H,7,10-11,14H2,1-3H3,(H2,27,31)(H,29,32)/t20-,25?/m0/s1. The molecule has 1 aliphatic rings. The fourth-order valence-corrected chi connectivity index (χ4v) is 4.27. The molecule has 8 nitrogen and oxygen atoms in total. The van der Waals surface area contributed by atoms with Crippen molar-refractivity contribution in [1.82, 2.24) is 10.6 Å². The third-order valence-electron chi connectivity index (χ3n) is 5.60. The van der Waals surface area contributed by atoms with Crippen LogP contribution in [0.2, 0.25) is 5.02 Å². The Morgan fingerprint density at radius 2 is 1.88 bits per heavy atom. The van der Waals surface area contributed by atoms with Crippen LogP contribution in [0.3, 0.4) is 0 Å². The molecule has 2 aromatic carbocycles. The van der Waals surface area contributed by atoms with Crippen LogP contribution in [-0.4, -0.2) is 41.1 Å². The lowest BCUT2D eigenvalue weighted by molar-refractivity contribution is -0.133. The van der Waals surface area contributed by atoms with Gasteiger partial charge in [0.1, 0.15) is 5.60 Å². The van der Waals surface area contributed by atoms with Gasteiger partial charge in [0, 0.05) is 22.7 Å². The molecule has 2 atom stereocenters. The first-order valence-electron chi connectivity index (χ1n) is 11.1. The van der Waals surface area contributed by atoms with Crippen LogP contribution < -0.4 is 16.4 Å². The number of ether oxygens (including phenoxy) is 1. The summed E-state index contributed by atoms with van der Waals surface area (Å²) in [5.74, 6) is -1.29. The fourth-order valence-electron chi connectivity index (χ4n) is 4.05. The topological polar surface area (TPSA) is 131 Å². The van der Waals surface area contributed by atoms with Crippen molar-refractivity contribution < 1.29 is 24.2 Å². The molecule has 0 saturated carbocycles. The Morgan fingerprint density at radius 1 is 1.21 bits per heavy atom. The van der Waals surface area contributed by atoms with Gasteiger partial charge in [-0.05, 0) is 63.4 Å². The van der Waals surface area contributed by atoms with Crippen molar-refractivity contribution in [3.63, 3.8) is 0 Å². The summed E-state index contributed by atoms with van der Waals surface area (Å²) in [4.78, 5) is 38.5. The lowest BCUT2D eigenvalue weighted by Crippen LogP contribution is -2.44. The van der Waals surface area contributed by atoms with Gasteiger partial charge in [-0.2, -0.15) is 0 Å². The van der Waals surface area contributed by atoms with Gasteiger partial charge in [0.15, 0.2) is 11.4 Å². The lowest BCUT2D eigenvalue weighted by Gasteiger charge is -2.30. The summed E-state index contributed by atoms with van der Waals surface area (Å²) in [5, 5.41) is 17.6. The van der Waals surface area contributed by atoms with E-state index in [2.05, 4.69) is 10.6 Å². The van der Waals surface area contributed by atoms with Crippen LogP contribution in [0.4, 0.5) is 4.79 Å². The Kier molecular flexibility index (Phi) is 7.65. The summed E-state index contributed by atoms with van der Waals surface area (Å²) in [6.07, 6.45) is 0.760. The van der Waals surface area contributed by atoms with E-state index >= 15 is 0 Å². The number of halogens is 1. The number of nitrogens with two attached hydrogens (primary N) is 1. The van der Waals surface area contributed by atoms with Gasteiger partial charge < -0.3 is 26.2 Å². The van der Waals surface area contributed by atoms with Crippen LogP contribution >= 0.6 is 11.6 Å². The largest absolute Gasteiger partial charge is 0.444 e. The monoisotopic (exact) mass is 487 g/mol. The zero-order valence-electron chi connectivity index (χ0n) is 19.5. The van der Waals surface area contributed by atoms with Crippen LogP contribution in [0.5, 0.6) is 0 Å². The number of carbonyl (C=O) groups excluding carboxylic acids is 3. The Bertz CT molecular complexity index is 1080. The molecule has 0 aliphatic carbocycles. The molecule has 0 radical (unpaired) electrons. The highest BCUT2D eigenvalue weighted by molar-refractivity contribution is 6.31. The number of ketones is 1. The molecule has 2 amide bonds. The summed E-state index contributed by atoms with van der Waals surface area (Å²) in [6.45, 7) is 5.68. The number of nitrogens with one attached hydrogen (secondary N) is 2. The first-order chi connectivity index (χ1) is 15.9. The first-order valence-corrected chi connectivity index (χ1v) is 11.5. The number of alkyl carbamates (subject to hydrolysis) is 1. The maximum atomic E-state index is 13.4. The third-order valence-corrected chi connectivity index (χ3v) is 5.82. The van der Waals surface area contributed by atoms with Crippen molar-refractivity contribution in [3.05, 3.63) is 69.7 Å². The molecule has 0 spiro atoms. The van der Waals surface area contributed by atoms with E-state index in [1.807, 2.05) is 0 Å². The van der Waals surface area contributed by atoms with E-state index in [1.165, 1.54) is 12.1 Å². The van der Waals surface area contributed by atoms with Crippen LogP contribution in [0.25, 0.3) is 0 Å². The first kappa shape index (κ1) is 25.7. The second-order valence-corrected chi connectivity index (χ2v) is 9.73. The summed E-state index contributed by atoms with van der Waals surface area (Å²) in [5.41, 5.74) is 3.32. The second-order valence-electron chi connectivity index (χ2n) is 9.29. The van der Waals surface area contributed by atoms with Gasteiger partial charge in [0.2, 0.25) is 0 Å². The van der Waals surface area contributed by atoms with Crippen molar-refractivity contribution in [2.75, 3.05) is 6.54 Å².